The summed E-state index contributed by atoms with van der Waals surface area (Å²) < 4.78 is 0. The van der Waals surface area contributed by atoms with Gasteiger partial charge < -0.3 is 0 Å². The summed E-state index contributed by atoms with van der Waals surface area (Å²) in [6.07, 6.45) is 7.26. The number of fused-ring (bicyclic) bond motifs is 2. The average Bonchev–Trinajstić information content (AvgIpc) is 3.17. The predicted octanol–water partition coefficient (Wildman–Crippen LogP) is 7.51. The van der Waals surface area contributed by atoms with Crippen LogP contribution in [0.4, 0.5) is 0 Å². The third kappa shape index (κ3) is 3.29. The molecule has 2 aromatic carbocycles. The first kappa shape index (κ1) is 24.1. The van der Waals surface area contributed by atoms with Crippen molar-refractivity contribution in [1.82, 2.24) is 0 Å². The largest absolute Gasteiger partial charge is 0.234 e. The zero-order valence-corrected chi connectivity index (χ0v) is 23.3. The van der Waals surface area contributed by atoms with Gasteiger partial charge in [-0.2, -0.15) is 11.1 Å². The molecule has 0 amide bonds. The summed E-state index contributed by atoms with van der Waals surface area (Å²) in [5.41, 5.74) is 7.38. The quantitative estimate of drug-likeness (QED) is 0.305. The SMILES string of the molecule is CCC1(CC)CC(C)(C)c2cc3c(c([Si](Cl)c4ccccc4)c21)C(CC)(CC)CC3(C)C. The average molecular weight is 466 g/mol. The van der Waals surface area contributed by atoms with Crippen LogP contribution >= 0.6 is 11.1 Å². The lowest BCUT2D eigenvalue weighted by molar-refractivity contribution is 0.324. The van der Waals surface area contributed by atoms with Gasteiger partial charge in [0.25, 0.3) is 0 Å². The van der Waals surface area contributed by atoms with Gasteiger partial charge in [-0.1, -0.05) is 91.8 Å². The topological polar surface area (TPSA) is 0 Å². The molecule has 32 heavy (non-hydrogen) atoms. The minimum atomic E-state index is -1.40. The van der Waals surface area contributed by atoms with E-state index in [9.17, 15) is 0 Å². The van der Waals surface area contributed by atoms with Crippen LogP contribution in [0.3, 0.4) is 0 Å². The molecule has 2 aliphatic carbocycles. The van der Waals surface area contributed by atoms with Crippen LogP contribution in [-0.4, -0.2) is 8.11 Å². The molecule has 0 heterocycles. The van der Waals surface area contributed by atoms with E-state index >= 15 is 0 Å². The van der Waals surface area contributed by atoms with Crippen molar-refractivity contribution in [2.24, 2.45) is 0 Å². The first-order chi connectivity index (χ1) is 15.0. The maximum atomic E-state index is 7.67. The van der Waals surface area contributed by atoms with Crippen LogP contribution in [0.2, 0.25) is 0 Å². The van der Waals surface area contributed by atoms with Gasteiger partial charge >= 0.3 is 0 Å². The monoisotopic (exact) mass is 465 g/mol. The standard InChI is InChI=1S/C30H42ClSi/c1-9-29(10-2)19-27(5,6)22-18-23-25(30(11-3,12-4)20-28(23,7)8)26(24(22)29)32(31)21-16-14-13-15-17-21/h13-18H,9-12,19-20H2,1-8H3. The van der Waals surface area contributed by atoms with Crippen LogP contribution in [0.5, 0.6) is 0 Å². The second kappa shape index (κ2) is 8.02. The molecule has 0 unspecified atom stereocenters. The molecule has 0 nitrogen and oxygen atoms in total. The number of hydrogen-bond donors (Lipinski definition) is 0. The molecular formula is C30H42ClSi. The maximum Gasteiger partial charge on any atom is 0.234 e. The lowest BCUT2D eigenvalue weighted by Crippen LogP contribution is -2.47. The van der Waals surface area contributed by atoms with Crippen LogP contribution in [-0.2, 0) is 21.7 Å². The molecule has 0 saturated heterocycles. The number of halogens is 1. The van der Waals surface area contributed by atoms with Gasteiger partial charge in [0.2, 0.25) is 8.11 Å². The normalized spacial score (nSPS) is 21.6. The Morgan fingerprint density at radius 2 is 1.12 bits per heavy atom. The van der Waals surface area contributed by atoms with Crippen molar-refractivity contribution in [2.75, 3.05) is 0 Å². The Morgan fingerprint density at radius 1 is 0.719 bits per heavy atom. The van der Waals surface area contributed by atoms with E-state index in [-0.39, 0.29) is 21.7 Å². The first-order valence-electron chi connectivity index (χ1n) is 12.8. The van der Waals surface area contributed by atoms with Crippen LogP contribution in [0, 0.1) is 0 Å². The van der Waals surface area contributed by atoms with Crippen LogP contribution < -0.4 is 10.4 Å². The van der Waals surface area contributed by atoms with Crippen molar-refractivity contribution in [1.29, 1.82) is 0 Å². The van der Waals surface area contributed by atoms with E-state index in [0.717, 1.165) is 0 Å². The molecule has 0 saturated carbocycles. The molecule has 2 aromatic rings. The molecule has 0 atom stereocenters. The summed E-state index contributed by atoms with van der Waals surface area (Å²) >= 11 is 7.67. The molecule has 0 bridgehead atoms. The molecule has 1 radical (unpaired) electrons. The first-order valence-corrected chi connectivity index (χ1v) is 15.3. The van der Waals surface area contributed by atoms with Crippen molar-refractivity contribution in [2.45, 2.75) is 116 Å². The molecule has 0 N–H and O–H groups in total. The van der Waals surface area contributed by atoms with E-state index in [4.69, 9.17) is 11.1 Å². The summed E-state index contributed by atoms with van der Waals surface area (Å²) in [5.74, 6) is 0. The van der Waals surface area contributed by atoms with E-state index in [0.29, 0.717) is 0 Å². The molecular weight excluding hydrogens is 424 g/mol. The van der Waals surface area contributed by atoms with Crippen LogP contribution in [0.15, 0.2) is 36.4 Å². The summed E-state index contributed by atoms with van der Waals surface area (Å²) in [6.45, 7) is 19.6. The van der Waals surface area contributed by atoms with Gasteiger partial charge in [-0.05, 0) is 92.8 Å². The fourth-order valence-electron chi connectivity index (χ4n) is 7.57. The molecule has 2 heteroatoms. The number of benzene rings is 2. The van der Waals surface area contributed by atoms with Crippen molar-refractivity contribution in [3.63, 3.8) is 0 Å². The van der Waals surface area contributed by atoms with Gasteiger partial charge in [0, 0.05) is 0 Å². The minimum Gasteiger partial charge on any atom is -0.156 e. The van der Waals surface area contributed by atoms with Gasteiger partial charge in [-0.15, -0.1) is 0 Å². The Labute approximate surface area is 203 Å². The molecule has 0 aliphatic heterocycles. The second-order valence-electron chi connectivity index (χ2n) is 11.9. The molecule has 2 aliphatic rings. The van der Waals surface area contributed by atoms with E-state index in [1.807, 2.05) is 0 Å². The van der Waals surface area contributed by atoms with Crippen molar-refractivity contribution >= 4 is 29.6 Å². The molecule has 0 aromatic heterocycles. The van der Waals surface area contributed by atoms with Crippen molar-refractivity contribution in [3.05, 3.63) is 58.7 Å². The Balaban J connectivity index is 2.18. The van der Waals surface area contributed by atoms with Gasteiger partial charge in [0.1, 0.15) is 0 Å². The third-order valence-electron chi connectivity index (χ3n) is 9.36. The fourth-order valence-corrected chi connectivity index (χ4v) is 10.5. The zero-order chi connectivity index (χ0) is 23.5. The Kier molecular flexibility index (Phi) is 6.03. The molecule has 0 fully saturated rings. The summed E-state index contributed by atoms with van der Waals surface area (Å²) in [4.78, 5) is 0. The molecule has 0 spiro atoms. The third-order valence-corrected chi connectivity index (χ3v) is 12.4. The lowest BCUT2D eigenvalue weighted by Gasteiger charge is -2.36. The predicted molar refractivity (Wildman–Crippen MR) is 144 cm³/mol. The second-order valence-corrected chi connectivity index (χ2v) is 14.7. The van der Waals surface area contributed by atoms with E-state index in [1.165, 1.54) is 43.7 Å². The summed E-state index contributed by atoms with van der Waals surface area (Å²) in [6, 6.07) is 13.6. The minimum absolute atomic E-state index is 0.195. The van der Waals surface area contributed by atoms with Crippen LogP contribution in [0.25, 0.3) is 0 Å². The van der Waals surface area contributed by atoms with Gasteiger partial charge in [-0.3, -0.25) is 0 Å². The van der Waals surface area contributed by atoms with E-state index in [2.05, 4.69) is 91.8 Å². The molecule has 173 valence electrons. The molecule has 4 rings (SSSR count). The highest BCUT2D eigenvalue weighted by Crippen LogP contribution is 2.59. The Morgan fingerprint density at radius 3 is 1.50 bits per heavy atom. The highest BCUT2D eigenvalue weighted by Gasteiger charge is 2.54. The van der Waals surface area contributed by atoms with E-state index in [1.54, 1.807) is 27.4 Å². The number of hydrogen-bond acceptors (Lipinski definition) is 0. The summed E-state index contributed by atoms with van der Waals surface area (Å²) in [5, 5.41) is 2.92. The zero-order valence-electron chi connectivity index (χ0n) is 21.6. The van der Waals surface area contributed by atoms with E-state index < -0.39 is 8.11 Å². The Bertz CT molecular complexity index is 937. The lowest BCUT2D eigenvalue weighted by atomic mass is 9.72. The van der Waals surface area contributed by atoms with Gasteiger partial charge in [0.15, 0.2) is 0 Å². The van der Waals surface area contributed by atoms with Crippen molar-refractivity contribution in [3.8, 4) is 0 Å². The fraction of sp³-hybridized carbons (Fsp3) is 0.600. The smallest absolute Gasteiger partial charge is 0.156 e. The van der Waals surface area contributed by atoms with Crippen LogP contribution in [0.1, 0.15) is 116 Å². The maximum absolute atomic E-state index is 7.67. The van der Waals surface area contributed by atoms with Gasteiger partial charge in [0.05, 0.1) is 0 Å². The Hall–Kier alpha value is -1.05. The summed E-state index contributed by atoms with van der Waals surface area (Å²) in [7, 11) is -1.40. The van der Waals surface area contributed by atoms with Gasteiger partial charge in [-0.25, -0.2) is 0 Å². The number of rotatable bonds is 6. The van der Waals surface area contributed by atoms with Crippen molar-refractivity contribution < 1.29 is 0 Å². The highest BCUT2D eigenvalue weighted by atomic mass is 35.6. The highest BCUT2D eigenvalue weighted by molar-refractivity contribution is 7.21.